The third-order valence-electron chi connectivity index (χ3n) is 22.9. The van der Waals surface area contributed by atoms with Crippen LogP contribution in [0.3, 0.4) is 0 Å². The van der Waals surface area contributed by atoms with Gasteiger partial charge < -0.3 is 10.2 Å². The van der Waals surface area contributed by atoms with E-state index < -0.39 is 102 Å². The first-order chi connectivity index (χ1) is 65.0. The van der Waals surface area contributed by atoms with Crippen LogP contribution in [0, 0.1) is 25.8 Å². The van der Waals surface area contributed by atoms with Crippen molar-refractivity contribution < 1.29 is 75.6 Å². The van der Waals surface area contributed by atoms with Crippen LogP contribution in [0.15, 0.2) is 267 Å². The summed E-state index contributed by atoms with van der Waals surface area (Å²) in [6.07, 6.45) is 0.971. The molecule has 12 aromatic carbocycles. The molecule has 0 unspecified atom stereocenters. The predicted molar refractivity (Wildman–Crippen MR) is 514 cm³/mol. The minimum absolute atomic E-state index is 0. The maximum Gasteiger partial charge on any atom is 0.148 e. The van der Waals surface area contributed by atoms with Crippen molar-refractivity contribution in [2.75, 3.05) is 0 Å². The first-order valence-electron chi connectivity index (χ1n) is 50.5. The SMILES string of the molecule is [2H]c1c([2H])c(C([2H])([2H])[2H])c([2H])c([2H])c1-c1ccnc(-c2[c-]c(-c3cccc4c3nc(-c3cc(C(C)C)cc(C(C)C)c3O)n4-c3ccc(C(C)(C)C)cc3-c3ccccc3)cc(C(C)(C)C)c2)c1.[2H]c1nc(-c2[c-]c(-c3cccc4c3nc(-c3cc(C(C)C)cc(C(C)C)c3O)n4-c3ccc(C(C)(C)C)cc3-c3ccccc3)cc(C(C)(C)C)c2)c([2H])c(-c2c([2H])c([2H])c(C([2H])([2H])[2H])c([2H])c2[2H])c1[2H].[Pt].[Pt]. The molecule has 0 atom stereocenters. The third kappa shape index (κ3) is 18.8. The van der Waals surface area contributed by atoms with Crippen LogP contribution in [0.1, 0.15) is 241 Å². The number of hydrogen-bond acceptors (Lipinski definition) is 6. The Hall–Kier alpha value is -11.1. The van der Waals surface area contributed by atoms with Crippen molar-refractivity contribution in [3.8, 4) is 135 Å². The van der Waals surface area contributed by atoms with Gasteiger partial charge in [0.2, 0.25) is 0 Å². The molecule has 0 saturated carbocycles. The molecule has 10 heteroatoms. The van der Waals surface area contributed by atoms with E-state index in [1.54, 1.807) is 24.4 Å². The van der Waals surface area contributed by atoms with E-state index in [-0.39, 0.29) is 116 Å². The smallest absolute Gasteiger partial charge is 0.148 e. The largest absolute Gasteiger partial charge is 0.507 e. The van der Waals surface area contributed by atoms with Gasteiger partial charge in [0.15, 0.2) is 0 Å². The average molecular weight is 2010 g/mol. The van der Waals surface area contributed by atoms with Crippen LogP contribution in [0.4, 0.5) is 0 Å². The molecule has 0 aliphatic heterocycles. The number of aromatic nitrogens is 6. The first kappa shape index (κ1) is 70.2. The molecule has 8 nitrogen and oxygen atoms in total. The summed E-state index contributed by atoms with van der Waals surface area (Å²) in [6, 6.07) is 66.2. The predicted octanol–water partition coefficient (Wildman–Crippen LogP) is 30.8. The standard InChI is InChI=1S/2C57H58N3O.2Pt/c2*1-35(2)41-31-47(36(3)4)54(61)49(32-41)55-59-53-46(18-15-19-52(53)60(55)51-25-24-44(56(6,7)8)34-48(51)39-16-13-12-14-17-39)42-28-43(30-45(29-42)57(9,10)11)50-33-40(26-27-58-50)38-22-20-37(5)21-23-38;;/h2*12-27,29-36,61H,1-11H3;;/q2*-1;;/i5D3,20D,21D,22D,23D,26D,27D,33D;5D3,20D,21D,22D,23D;;. The van der Waals surface area contributed by atoms with Gasteiger partial charge in [-0.1, -0.05) is 341 Å². The molecule has 0 amide bonds. The molecule has 0 fully saturated rings. The van der Waals surface area contributed by atoms with E-state index in [9.17, 15) is 11.6 Å². The van der Waals surface area contributed by atoms with Gasteiger partial charge in [0, 0.05) is 85.2 Å². The molecule has 0 spiro atoms. The van der Waals surface area contributed by atoms with Gasteiger partial charge in [-0.15, -0.1) is 58.7 Å². The second-order valence-corrected chi connectivity index (χ2v) is 37.2. The average Bonchev–Trinajstić information content (AvgIpc) is 1.21. The van der Waals surface area contributed by atoms with E-state index in [4.69, 9.17) is 36.9 Å². The molecule has 0 aliphatic rings. The van der Waals surface area contributed by atoms with Crippen molar-refractivity contribution in [3.05, 3.63) is 335 Å². The number of para-hydroxylation sites is 2. The molecule has 0 saturated heterocycles. The number of phenolic OH excluding ortho intramolecular Hbond substituents is 2. The fraction of sp³-hybridized carbons (Fsp3) is 0.263. The Balaban J connectivity index is 0.000000234. The number of rotatable bonds is 16. The Morgan fingerprint density at radius 2 is 0.750 bits per heavy atom. The molecule has 636 valence electrons. The first-order valence-corrected chi connectivity index (χ1v) is 42.0. The summed E-state index contributed by atoms with van der Waals surface area (Å²) >= 11 is 0. The van der Waals surface area contributed by atoms with Crippen molar-refractivity contribution in [2.45, 2.75) is 198 Å². The van der Waals surface area contributed by atoms with Gasteiger partial charge >= 0.3 is 0 Å². The minimum Gasteiger partial charge on any atom is -0.507 e. The maximum atomic E-state index is 12.3. The summed E-state index contributed by atoms with van der Waals surface area (Å²) in [4.78, 5) is 20.3. The van der Waals surface area contributed by atoms with Crippen molar-refractivity contribution in [2.24, 2.45) is 0 Å². The van der Waals surface area contributed by atoms with Gasteiger partial charge in [-0.2, -0.15) is 0 Å². The molecule has 0 aliphatic carbocycles. The van der Waals surface area contributed by atoms with E-state index in [1.165, 1.54) is 5.56 Å². The summed E-state index contributed by atoms with van der Waals surface area (Å²) < 4.78 is 149. The Morgan fingerprint density at radius 1 is 0.347 bits per heavy atom. The molecule has 4 heterocycles. The monoisotopic (exact) mass is 2010 g/mol. The fourth-order valence-electron chi connectivity index (χ4n) is 15.6. The Morgan fingerprint density at radius 3 is 1.15 bits per heavy atom. The van der Waals surface area contributed by atoms with E-state index in [2.05, 4.69) is 235 Å². The van der Waals surface area contributed by atoms with Crippen LogP contribution < -0.4 is 0 Å². The zero-order valence-electron chi connectivity index (χ0n) is 91.1. The molecule has 16 aromatic rings. The fourth-order valence-corrected chi connectivity index (χ4v) is 15.6. The van der Waals surface area contributed by atoms with Gasteiger partial charge in [0.1, 0.15) is 23.1 Å². The molecular weight excluding hydrogens is 1880 g/mol. The van der Waals surface area contributed by atoms with Gasteiger partial charge in [-0.25, -0.2) is 9.97 Å². The molecular formula is C114H116N6O2Pt2-2. The van der Waals surface area contributed by atoms with Gasteiger partial charge in [0.05, 0.1) is 59.6 Å². The van der Waals surface area contributed by atoms with E-state index >= 15 is 0 Å². The van der Waals surface area contributed by atoms with Crippen LogP contribution in [0.5, 0.6) is 11.5 Å². The van der Waals surface area contributed by atoms with E-state index in [0.717, 1.165) is 94.7 Å². The zero-order valence-corrected chi connectivity index (χ0v) is 78.6. The summed E-state index contributed by atoms with van der Waals surface area (Å²) in [5.41, 5.74) is 18.9. The Kier molecular flexibility index (Phi) is 20.5. The van der Waals surface area contributed by atoms with Crippen LogP contribution in [0.25, 0.3) is 145 Å². The molecule has 0 bridgehead atoms. The molecule has 2 N–H and O–H groups in total. The van der Waals surface area contributed by atoms with Gasteiger partial charge in [0.25, 0.3) is 0 Å². The summed E-state index contributed by atoms with van der Waals surface area (Å²) in [6.45, 7) is 36.8. The van der Waals surface area contributed by atoms with Crippen molar-refractivity contribution in [1.29, 1.82) is 0 Å². The van der Waals surface area contributed by atoms with Crippen molar-refractivity contribution >= 4 is 22.1 Å². The zero-order chi connectivity index (χ0) is 101. The molecule has 4 aromatic heterocycles. The number of fused-ring (bicyclic) bond motifs is 2. The second kappa shape index (κ2) is 36.2. The normalized spacial score (nSPS) is 14.2. The number of aromatic hydroxyl groups is 2. The number of hydrogen-bond donors (Lipinski definition) is 2. The number of phenols is 2. The Bertz CT molecular complexity index is 7500. The van der Waals surface area contributed by atoms with Gasteiger partial charge in [-0.05, 0) is 186 Å². The van der Waals surface area contributed by atoms with Crippen molar-refractivity contribution in [1.82, 2.24) is 29.1 Å². The van der Waals surface area contributed by atoms with E-state index in [1.807, 2.05) is 106 Å². The third-order valence-corrected chi connectivity index (χ3v) is 22.9. The van der Waals surface area contributed by atoms with Crippen molar-refractivity contribution in [3.63, 3.8) is 0 Å². The van der Waals surface area contributed by atoms with E-state index in [0.29, 0.717) is 61.8 Å². The second-order valence-electron chi connectivity index (χ2n) is 37.2. The number of imidazole rings is 2. The van der Waals surface area contributed by atoms with Crippen LogP contribution >= 0.6 is 0 Å². The Labute approximate surface area is 788 Å². The van der Waals surface area contributed by atoms with Crippen LogP contribution in [0.2, 0.25) is 0 Å². The maximum absolute atomic E-state index is 12.3. The minimum atomic E-state index is -2.97. The summed E-state index contributed by atoms with van der Waals surface area (Å²) in [5.74, 6) is 1.83. The number of nitrogens with zero attached hydrogens (tertiary/aromatic N) is 6. The number of benzene rings is 12. The molecule has 16 rings (SSSR count). The number of pyridine rings is 2. The summed E-state index contributed by atoms with van der Waals surface area (Å²) in [5, 5.41) is 24.6. The van der Waals surface area contributed by atoms with Gasteiger partial charge in [-0.3, -0.25) is 19.1 Å². The van der Waals surface area contributed by atoms with Crippen LogP contribution in [-0.2, 0) is 63.8 Å². The molecule has 124 heavy (non-hydrogen) atoms. The van der Waals surface area contributed by atoms with Crippen LogP contribution in [-0.4, -0.2) is 39.3 Å². The topological polar surface area (TPSA) is 102 Å². The quantitative estimate of drug-likeness (QED) is 0.0935. The summed E-state index contributed by atoms with van der Waals surface area (Å²) in [7, 11) is 0. The molecule has 0 radical (unpaired) electrons.